The predicted octanol–water partition coefficient (Wildman–Crippen LogP) is 18.5. The molecule has 4 unspecified atom stereocenters. The van der Waals surface area contributed by atoms with Crippen molar-refractivity contribution < 1.29 is 4.42 Å². The molecule has 10 aromatic rings. The molecule has 2 fully saturated rings. The van der Waals surface area contributed by atoms with Crippen LogP contribution in [0.25, 0.3) is 49.8 Å². The highest BCUT2D eigenvalue weighted by Gasteiger charge is 2.60. The molecule has 0 saturated heterocycles. The number of nitrogens with zero attached hydrogens (tertiary/aromatic N) is 4. The van der Waals surface area contributed by atoms with Crippen LogP contribution in [-0.4, -0.2) is 22.4 Å². The van der Waals surface area contributed by atoms with Gasteiger partial charge < -0.3 is 23.7 Å². The smallest absolute Gasteiger partial charge is 0.252 e. The standard InChI is InChI=1S/C77H77BN4O/c1-71(2,3)46-31-35-58-54(41-46)74(9)37-17-19-39-76(74,11)81(58)48-33-34-56-61(43-48)79(60-28-22-30-65-66(60)51-24-14-16-29-64(51)83-65)62-44-49(82-59-36-32-47(72(4,5)6)42-55(59)75(10)38-18-20-40-77(75,82)12)45-63-68(62)78(56)57-27-21-25-52-67-70(80(63)69(52)57)50-23-13-15-26-53(50)73(67,7)8/h13-16,21-36,41-45H,17-20,37-40H2,1-12H3. The van der Waals surface area contributed by atoms with E-state index in [4.69, 9.17) is 4.42 Å². The second-order valence-electron chi connectivity index (χ2n) is 29.9. The number of benzene rings is 8. The van der Waals surface area contributed by atoms with Gasteiger partial charge in [0, 0.05) is 77.9 Å². The van der Waals surface area contributed by atoms with Crippen molar-refractivity contribution in [3.05, 3.63) is 185 Å². The molecule has 0 bridgehead atoms. The normalized spacial score (nSPS) is 24.2. The van der Waals surface area contributed by atoms with E-state index in [-0.39, 0.29) is 44.9 Å². The molecule has 0 amide bonds. The summed E-state index contributed by atoms with van der Waals surface area (Å²) in [5.74, 6) is 0. The van der Waals surface area contributed by atoms with Gasteiger partial charge in [0.05, 0.1) is 27.8 Å². The Kier molecular flexibility index (Phi) is 9.69. The van der Waals surface area contributed by atoms with Crippen LogP contribution < -0.4 is 31.1 Å². The summed E-state index contributed by atoms with van der Waals surface area (Å²) in [5.41, 5.74) is 28.3. The van der Waals surface area contributed by atoms with Crippen LogP contribution in [0.15, 0.2) is 156 Å². The van der Waals surface area contributed by atoms with Gasteiger partial charge >= 0.3 is 0 Å². The summed E-state index contributed by atoms with van der Waals surface area (Å²) < 4.78 is 9.65. The summed E-state index contributed by atoms with van der Waals surface area (Å²) in [4.78, 5) is 8.39. The van der Waals surface area contributed by atoms with E-state index in [0.717, 1.165) is 40.5 Å². The maximum atomic E-state index is 6.89. The summed E-state index contributed by atoms with van der Waals surface area (Å²) in [7, 11) is 0. The lowest BCUT2D eigenvalue weighted by molar-refractivity contribution is 0.195. The maximum absolute atomic E-state index is 6.89. The molecule has 0 radical (unpaired) electrons. The molecule has 2 saturated carbocycles. The number of anilines is 7. The highest BCUT2D eigenvalue weighted by Crippen LogP contribution is 2.65. The van der Waals surface area contributed by atoms with Crippen molar-refractivity contribution in [3.8, 4) is 16.9 Å². The van der Waals surface area contributed by atoms with Crippen molar-refractivity contribution in [3.63, 3.8) is 0 Å². The zero-order valence-electron chi connectivity index (χ0n) is 50.9. The number of rotatable bonds is 3. The predicted molar refractivity (Wildman–Crippen MR) is 350 cm³/mol. The molecule has 83 heavy (non-hydrogen) atoms. The average molecular weight is 1090 g/mol. The highest BCUT2D eigenvalue weighted by molar-refractivity contribution is 7.00. The van der Waals surface area contributed by atoms with Crippen LogP contribution in [0.2, 0.25) is 0 Å². The van der Waals surface area contributed by atoms with Crippen molar-refractivity contribution in [1.82, 2.24) is 4.57 Å². The molecule has 4 atom stereocenters. The van der Waals surface area contributed by atoms with Gasteiger partial charge in [0.2, 0.25) is 0 Å². The maximum Gasteiger partial charge on any atom is 0.252 e. The first-order valence-electron chi connectivity index (χ1n) is 31.4. The summed E-state index contributed by atoms with van der Waals surface area (Å²) >= 11 is 0. The van der Waals surface area contributed by atoms with Gasteiger partial charge in [-0.2, -0.15) is 0 Å². The third-order valence-corrected chi connectivity index (χ3v) is 23.3. The van der Waals surface area contributed by atoms with Gasteiger partial charge in [0.25, 0.3) is 6.71 Å². The van der Waals surface area contributed by atoms with E-state index < -0.39 is 0 Å². The Morgan fingerprint density at radius 3 is 1.72 bits per heavy atom. The lowest BCUT2D eigenvalue weighted by atomic mass is 9.33. The van der Waals surface area contributed by atoms with Crippen LogP contribution in [0.5, 0.6) is 0 Å². The first kappa shape index (κ1) is 50.1. The first-order chi connectivity index (χ1) is 39.7. The third kappa shape index (κ3) is 6.11. The van der Waals surface area contributed by atoms with Gasteiger partial charge in [-0.05, 0) is 155 Å². The van der Waals surface area contributed by atoms with Crippen LogP contribution in [0.4, 0.5) is 39.8 Å². The molecule has 8 aromatic carbocycles. The lowest BCUT2D eigenvalue weighted by Gasteiger charge is -2.51. The minimum absolute atomic E-state index is 0.0181. The average Bonchev–Trinajstić information content (AvgIpc) is 1.82. The van der Waals surface area contributed by atoms with Gasteiger partial charge in [-0.3, -0.25) is 0 Å². The number of furan rings is 1. The Labute approximate surface area is 491 Å². The molecule has 6 heterocycles. The number of hydrogen-bond donors (Lipinski definition) is 0. The summed E-state index contributed by atoms with van der Waals surface area (Å²) in [6.07, 6.45) is 9.52. The molecule has 3 aliphatic carbocycles. The van der Waals surface area contributed by atoms with Gasteiger partial charge in [-0.15, -0.1) is 0 Å². The summed E-state index contributed by atoms with van der Waals surface area (Å²) in [5, 5.41) is 3.65. The topological polar surface area (TPSA) is 27.8 Å². The molecular formula is C77H77BN4O. The van der Waals surface area contributed by atoms with E-state index in [9.17, 15) is 0 Å². The Hall–Kier alpha value is -7.44. The van der Waals surface area contributed by atoms with Crippen LogP contribution in [0, 0.1) is 0 Å². The molecule has 7 aliphatic rings. The molecule has 5 nitrogen and oxygen atoms in total. The van der Waals surface area contributed by atoms with Crippen LogP contribution >= 0.6 is 0 Å². The Morgan fingerprint density at radius 2 is 1.04 bits per heavy atom. The van der Waals surface area contributed by atoms with Crippen LogP contribution in [0.3, 0.4) is 0 Å². The van der Waals surface area contributed by atoms with Crippen LogP contribution in [0.1, 0.15) is 168 Å². The molecule has 2 aromatic heterocycles. The Morgan fingerprint density at radius 1 is 0.458 bits per heavy atom. The molecule has 17 rings (SSSR count). The minimum Gasteiger partial charge on any atom is -0.456 e. The fraction of sp³-hybridized carbons (Fsp3) is 0.351. The summed E-state index contributed by atoms with van der Waals surface area (Å²) in [6, 6.07) is 60.2. The SMILES string of the molecule is CC(C)(C)c1ccc2c(c1)C1(C)CCCCC1(C)N2c1ccc2c(c1)N(c1cccc3oc4ccccc4c13)c1cc(N3c4ccc(C(C)(C)C)cc4C4(C)CCCCC34C)cc3c1B2c1cccc2c4c(n-3c12)-c1ccccc1C4(C)C. The zero-order valence-corrected chi connectivity index (χ0v) is 50.9. The second-order valence-corrected chi connectivity index (χ2v) is 29.9. The molecular weight excluding hydrogens is 1010 g/mol. The third-order valence-electron chi connectivity index (χ3n) is 23.3. The highest BCUT2D eigenvalue weighted by atomic mass is 16.3. The number of aromatic nitrogens is 1. The minimum atomic E-state index is -0.203. The van der Waals surface area contributed by atoms with Gasteiger partial charge in [-0.25, -0.2) is 0 Å². The van der Waals surface area contributed by atoms with E-state index >= 15 is 0 Å². The van der Waals surface area contributed by atoms with Gasteiger partial charge in [0.1, 0.15) is 11.2 Å². The van der Waals surface area contributed by atoms with E-state index in [1.165, 1.54) is 150 Å². The molecule has 414 valence electrons. The first-order valence-corrected chi connectivity index (χ1v) is 31.4. The van der Waals surface area contributed by atoms with E-state index in [1.54, 1.807) is 0 Å². The molecule has 0 spiro atoms. The zero-order chi connectivity index (χ0) is 56.9. The lowest BCUT2D eigenvalue weighted by Crippen LogP contribution is -2.61. The second kappa shape index (κ2) is 16.0. The Bertz CT molecular complexity index is 4520. The molecule has 6 heteroatoms. The largest absolute Gasteiger partial charge is 0.456 e. The Balaban J connectivity index is 1.01. The number of hydrogen-bond acceptors (Lipinski definition) is 4. The van der Waals surface area contributed by atoms with Crippen molar-refractivity contribution in [2.24, 2.45) is 0 Å². The molecule has 4 aliphatic heterocycles. The van der Waals surface area contributed by atoms with E-state index in [1.807, 2.05) is 0 Å². The quantitative estimate of drug-likeness (QED) is 0.165. The van der Waals surface area contributed by atoms with Gasteiger partial charge in [-0.1, -0.05) is 192 Å². The van der Waals surface area contributed by atoms with Crippen molar-refractivity contribution in [1.29, 1.82) is 0 Å². The number of para-hydroxylation sites is 2. The van der Waals surface area contributed by atoms with E-state index in [0.29, 0.717) is 0 Å². The van der Waals surface area contributed by atoms with Crippen LogP contribution in [-0.2, 0) is 27.1 Å². The van der Waals surface area contributed by atoms with Crippen molar-refractivity contribution in [2.75, 3.05) is 14.7 Å². The van der Waals surface area contributed by atoms with Crippen molar-refractivity contribution >= 4 is 95.8 Å². The molecule has 0 N–H and O–H groups in total. The fourth-order valence-electron chi connectivity index (χ4n) is 18.6. The van der Waals surface area contributed by atoms with Crippen molar-refractivity contribution in [2.45, 2.75) is 173 Å². The summed E-state index contributed by atoms with van der Waals surface area (Å²) in [6.45, 7) is 29.6. The van der Waals surface area contributed by atoms with Gasteiger partial charge in [0.15, 0.2) is 0 Å². The van der Waals surface area contributed by atoms with E-state index in [2.05, 4.69) is 254 Å². The monoisotopic (exact) mass is 1080 g/mol. The number of fused-ring (bicyclic) bond motifs is 18. The fourth-order valence-corrected chi connectivity index (χ4v) is 18.6.